The molecule has 114 valence electrons. The molecule has 0 radical (unpaired) electrons. The van der Waals surface area contributed by atoms with E-state index >= 15 is 0 Å². The lowest BCUT2D eigenvalue weighted by atomic mass is 9.85. The van der Waals surface area contributed by atoms with Crippen LogP contribution in [0.1, 0.15) is 50.2 Å². The van der Waals surface area contributed by atoms with Crippen LogP contribution in [0.2, 0.25) is 0 Å². The predicted molar refractivity (Wildman–Crippen MR) is 83.9 cm³/mol. The Morgan fingerprint density at radius 2 is 2.00 bits per heavy atom. The van der Waals surface area contributed by atoms with Gasteiger partial charge in [-0.1, -0.05) is 50.5 Å². The Balaban J connectivity index is 1.87. The molecule has 1 fully saturated rings. The van der Waals surface area contributed by atoms with Crippen LogP contribution in [0.15, 0.2) is 30.3 Å². The van der Waals surface area contributed by atoms with E-state index in [1.165, 1.54) is 32.1 Å². The van der Waals surface area contributed by atoms with Crippen molar-refractivity contribution in [3.05, 3.63) is 41.5 Å². The summed E-state index contributed by atoms with van der Waals surface area (Å²) in [6.07, 6.45) is 9.43. The zero-order valence-electron chi connectivity index (χ0n) is 12.6. The molecule has 0 bridgehead atoms. The van der Waals surface area contributed by atoms with Crippen molar-refractivity contribution in [3.63, 3.8) is 0 Å². The van der Waals surface area contributed by atoms with E-state index in [0.717, 1.165) is 17.2 Å². The van der Waals surface area contributed by atoms with Crippen LogP contribution in [0, 0.1) is 5.92 Å². The average Bonchev–Trinajstić information content (AvgIpc) is 2.52. The number of ether oxygens (including phenoxy) is 1. The van der Waals surface area contributed by atoms with Gasteiger partial charge in [0, 0.05) is 6.08 Å². The van der Waals surface area contributed by atoms with Gasteiger partial charge in [0.2, 0.25) is 0 Å². The van der Waals surface area contributed by atoms with Crippen LogP contribution in [0.3, 0.4) is 0 Å². The van der Waals surface area contributed by atoms with E-state index in [2.05, 4.69) is 6.92 Å². The second kappa shape index (κ2) is 7.99. The van der Waals surface area contributed by atoms with Crippen molar-refractivity contribution in [1.82, 2.24) is 0 Å². The smallest absolute Gasteiger partial charge is 0.328 e. The van der Waals surface area contributed by atoms with E-state index in [0.29, 0.717) is 18.6 Å². The van der Waals surface area contributed by atoms with Crippen molar-refractivity contribution in [1.29, 1.82) is 0 Å². The largest absolute Gasteiger partial charge is 0.478 e. The Bertz CT molecular complexity index is 476. The standard InChI is InChI=1S/C18H24O3/c1-2-16-5-3-4-6-17(16)21-13-15-9-7-14(8-10-15)11-12-18(19)20/h7-12,16-17H,2-6,13H2,1H3,(H,19,20). The summed E-state index contributed by atoms with van der Waals surface area (Å²) in [5.74, 6) is -0.221. The number of aliphatic carboxylic acids is 1. The van der Waals surface area contributed by atoms with Crippen LogP contribution in [0.25, 0.3) is 6.08 Å². The van der Waals surface area contributed by atoms with E-state index < -0.39 is 5.97 Å². The van der Waals surface area contributed by atoms with E-state index in [4.69, 9.17) is 9.84 Å². The summed E-state index contributed by atoms with van der Waals surface area (Å²) in [7, 11) is 0. The first-order chi connectivity index (χ1) is 10.2. The van der Waals surface area contributed by atoms with Crippen LogP contribution in [-0.2, 0) is 16.1 Å². The number of carboxylic acids is 1. The van der Waals surface area contributed by atoms with Crippen molar-refractivity contribution in [2.75, 3.05) is 0 Å². The first-order valence-corrected chi connectivity index (χ1v) is 7.80. The second-order valence-corrected chi connectivity index (χ2v) is 5.72. The molecule has 1 aromatic rings. The molecular formula is C18H24O3. The Hall–Kier alpha value is -1.61. The van der Waals surface area contributed by atoms with Gasteiger partial charge < -0.3 is 9.84 Å². The first kappa shape index (κ1) is 15.8. The van der Waals surface area contributed by atoms with Gasteiger partial charge in [-0.25, -0.2) is 4.79 Å². The lowest BCUT2D eigenvalue weighted by Gasteiger charge is -2.30. The third-order valence-electron chi connectivity index (χ3n) is 4.23. The van der Waals surface area contributed by atoms with Crippen LogP contribution in [0.4, 0.5) is 0 Å². The third kappa shape index (κ3) is 5.01. The van der Waals surface area contributed by atoms with Gasteiger partial charge in [0.05, 0.1) is 12.7 Å². The maximum atomic E-state index is 10.5. The minimum Gasteiger partial charge on any atom is -0.478 e. The number of hydrogen-bond acceptors (Lipinski definition) is 2. The van der Waals surface area contributed by atoms with Gasteiger partial charge in [0.15, 0.2) is 0 Å². The van der Waals surface area contributed by atoms with Gasteiger partial charge in [-0.05, 0) is 36.0 Å². The van der Waals surface area contributed by atoms with Gasteiger partial charge in [-0.3, -0.25) is 0 Å². The Labute approximate surface area is 126 Å². The van der Waals surface area contributed by atoms with E-state index in [1.54, 1.807) is 6.08 Å². The SMILES string of the molecule is CCC1CCCCC1OCc1ccc(C=CC(=O)O)cc1. The molecule has 1 saturated carbocycles. The number of hydrogen-bond donors (Lipinski definition) is 1. The molecule has 0 spiro atoms. The van der Waals surface area contributed by atoms with Crippen molar-refractivity contribution in [2.45, 2.75) is 51.7 Å². The summed E-state index contributed by atoms with van der Waals surface area (Å²) in [6, 6.07) is 7.86. The Kier molecular flexibility index (Phi) is 6.00. The summed E-state index contributed by atoms with van der Waals surface area (Å²) in [5, 5.41) is 8.60. The maximum Gasteiger partial charge on any atom is 0.328 e. The minimum absolute atomic E-state index is 0.398. The average molecular weight is 288 g/mol. The van der Waals surface area contributed by atoms with Crippen LogP contribution in [-0.4, -0.2) is 17.2 Å². The zero-order chi connectivity index (χ0) is 15.1. The second-order valence-electron chi connectivity index (χ2n) is 5.72. The fourth-order valence-corrected chi connectivity index (χ4v) is 2.96. The predicted octanol–water partition coefficient (Wildman–Crippen LogP) is 4.27. The highest BCUT2D eigenvalue weighted by Gasteiger charge is 2.23. The number of carboxylic acid groups (broad SMARTS) is 1. The molecule has 1 aliphatic carbocycles. The van der Waals surface area contributed by atoms with Crippen LogP contribution >= 0.6 is 0 Å². The van der Waals surface area contributed by atoms with Gasteiger partial charge in [0.1, 0.15) is 0 Å². The fraction of sp³-hybridized carbons (Fsp3) is 0.500. The van der Waals surface area contributed by atoms with Gasteiger partial charge >= 0.3 is 5.97 Å². The molecule has 0 saturated heterocycles. The molecule has 0 aliphatic heterocycles. The molecule has 0 aromatic heterocycles. The zero-order valence-corrected chi connectivity index (χ0v) is 12.6. The summed E-state index contributed by atoms with van der Waals surface area (Å²) < 4.78 is 6.10. The quantitative estimate of drug-likeness (QED) is 0.795. The summed E-state index contributed by atoms with van der Waals surface area (Å²) in [4.78, 5) is 10.5. The highest BCUT2D eigenvalue weighted by Crippen LogP contribution is 2.29. The van der Waals surface area contributed by atoms with E-state index in [-0.39, 0.29) is 0 Å². The highest BCUT2D eigenvalue weighted by molar-refractivity contribution is 5.85. The van der Waals surface area contributed by atoms with Crippen LogP contribution in [0.5, 0.6) is 0 Å². The lowest BCUT2D eigenvalue weighted by molar-refractivity contribution is -0.131. The molecule has 1 N–H and O–H groups in total. The molecule has 3 nitrogen and oxygen atoms in total. The summed E-state index contributed by atoms with van der Waals surface area (Å²) >= 11 is 0. The number of carbonyl (C=O) groups is 1. The lowest BCUT2D eigenvalue weighted by Crippen LogP contribution is -2.27. The van der Waals surface area contributed by atoms with E-state index in [9.17, 15) is 4.79 Å². The molecule has 0 heterocycles. The van der Waals surface area contributed by atoms with Crippen molar-refractivity contribution < 1.29 is 14.6 Å². The topological polar surface area (TPSA) is 46.5 Å². The van der Waals surface area contributed by atoms with Crippen LogP contribution < -0.4 is 0 Å². The molecule has 2 rings (SSSR count). The molecule has 1 aliphatic rings. The molecule has 1 aromatic carbocycles. The molecule has 21 heavy (non-hydrogen) atoms. The third-order valence-corrected chi connectivity index (χ3v) is 4.23. The Morgan fingerprint density at radius 3 is 2.67 bits per heavy atom. The number of rotatable bonds is 6. The summed E-state index contributed by atoms with van der Waals surface area (Å²) in [6.45, 7) is 2.89. The minimum atomic E-state index is -0.926. The van der Waals surface area contributed by atoms with Gasteiger partial charge in [-0.2, -0.15) is 0 Å². The molecule has 0 amide bonds. The highest BCUT2D eigenvalue weighted by atomic mass is 16.5. The fourth-order valence-electron chi connectivity index (χ4n) is 2.96. The maximum absolute atomic E-state index is 10.5. The van der Waals surface area contributed by atoms with Gasteiger partial charge in [-0.15, -0.1) is 0 Å². The molecule has 2 unspecified atom stereocenters. The molecule has 3 heteroatoms. The first-order valence-electron chi connectivity index (χ1n) is 7.80. The van der Waals surface area contributed by atoms with Crippen molar-refractivity contribution in [2.24, 2.45) is 5.92 Å². The Morgan fingerprint density at radius 1 is 1.29 bits per heavy atom. The van der Waals surface area contributed by atoms with Gasteiger partial charge in [0.25, 0.3) is 0 Å². The molecule has 2 atom stereocenters. The normalized spacial score (nSPS) is 22.5. The van der Waals surface area contributed by atoms with E-state index in [1.807, 2.05) is 24.3 Å². The summed E-state index contributed by atoms with van der Waals surface area (Å²) in [5.41, 5.74) is 2.04. The molecular weight excluding hydrogens is 264 g/mol. The number of benzene rings is 1. The van der Waals surface area contributed by atoms with Crippen molar-refractivity contribution in [3.8, 4) is 0 Å². The van der Waals surface area contributed by atoms with Crippen molar-refractivity contribution >= 4 is 12.0 Å². The monoisotopic (exact) mass is 288 g/mol.